The van der Waals surface area contributed by atoms with Crippen LogP contribution in [0.3, 0.4) is 0 Å². The van der Waals surface area contributed by atoms with Crippen LogP contribution in [0.5, 0.6) is 5.75 Å². The summed E-state index contributed by atoms with van der Waals surface area (Å²) < 4.78 is 43.2. The zero-order valence-corrected chi connectivity index (χ0v) is 27.1. The van der Waals surface area contributed by atoms with E-state index in [0.717, 1.165) is 30.5 Å². The number of aliphatic carboxylic acids is 1. The van der Waals surface area contributed by atoms with Gasteiger partial charge in [-0.3, -0.25) is 14.1 Å². The van der Waals surface area contributed by atoms with Crippen molar-refractivity contribution in [3.8, 4) is 5.75 Å². The summed E-state index contributed by atoms with van der Waals surface area (Å²) >= 11 is 1.41. The molecule has 2 saturated heterocycles. The van der Waals surface area contributed by atoms with Crippen LogP contribution in [-0.2, 0) is 47.5 Å². The van der Waals surface area contributed by atoms with Crippen LogP contribution in [-0.4, -0.2) is 94.7 Å². The van der Waals surface area contributed by atoms with Gasteiger partial charge < -0.3 is 36.4 Å². The predicted molar refractivity (Wildman–Crippen MR) is 164 cm³/mol. The molecule has 252 valence electrons. The van der Waals surface area contributed by atoms with Crippen molar-refractivity contribution in [2.75, 3.05) is 19.7 Å². The van der Waals surface area contributed by atoms with Gasteiger partial charge in [0, 0.05) is 19.0 Å². The zero-order valence-electron chi connectivity index (χ0n) is 25.4. The van der Waals surface area contributed by atoms with Crippen molar-refractivity contribution in [2.45, 2.75) is 50.5 Å². The minimum Gasteiger partial charge on any atom is -0.489 e. The number of hydrogen-bond acceptors (Lipinski definition) is 13. The smallest absolute Gasteiger partial charge is 0.418 e. The number of benzene rings is 1. The van der Waals surface area contributed by atoms with Crippen molar-refractivity contribution < 1.29 is 51.0 Å². The molecule has 18 nitrogen and oxygen atoms in total. The number of hydroxylamine groups is 2. The molecule has 0 aliphatic carbocycles. The van der Waals surface area contributed by atoms with Crippen molar-refractivity contribution >= 4 is 57.1 Å². The van der Waals surface area contributed by atoms with Crippen LogP contribution in [0, 0.1) is 5.92 Å². The fourth-order valence-electron chi connectivity index (χ4n) is 4.74. The summed E-state index contributed by atoms with van der Waals surface area (Å²) in [5.41, 5.74) is 6.81. The molecule has 20 heteroatoms. The molecule has 5 rings (SSSR count). The maximum absolute atomic E-state index is 11.6. The monoisotopic (exact) mass is 685 g/mol. The number of aromatic nitrogens is 2. The minimum atomic E-state index is -4.74. The molecule has 2 amide bonds. The van der Waals surface area contributed by atoms with Gasteiger partial charge in [-0.1, -0.05) is 16.9 Å². The molecule has 1 aromatic heterocycles. The van der Waals surface area contributed by atoms with Crippen LogP contribution in [0.4, 0.5) is 0 Å². The third-order valence-corrected chi connectivity index (χ3v) is 8.50. The number of nitrogens with one attached hydrogen (secondary N) is 3. The number of carbonyl (C=O) groups excluding carboxylic acids is 2. The van der Waals surface area contributed by atoms with E-state index < -0.39 is 40.0 Å². The number of nitrogens with two attached hydrogens (primary N) is 1. The van der Waals surface area contributed by atoms with Gasteiger partial charge in [-0.15, -0.1) is 8.97 Å². The minimum absolute atomic E-state index is 0.168. The molecular formula is C26H37N8O10S2+. The quantitative estimate of drug-likeness (QED) is 0.0362. The van der Waals surface area contributed by atoms with E-state index in [4.69, 9.17) is 19.9 Å². The first-order chi connectivity index (χ1) is 21.6. The molecule has 0 saturated carbocycles. The second kappa shape index (κ2) is 14.2. The van der Waals surface area contributed by atoms with Gasteiger partial charge in [0.25, 0.3) is 12.0 Å². The van der Waals surface area contributed by atoms with Gasteiger partial charge in [0.2, 0.25) is 12.6 Å². The molecule has 4 heterocycles. The van der Waals surface area contributed by atoms with Crippen molar-refractivity contribution in [2.24, 2.45) is 23.9 Å². The number of aryl methyl sites for hydroxylation is 1. The number of hydrogen-bond donors (Lipinski definition) is 6. The van der Waals surface area contributed by atoms with Gasteiger partial charge in [-0.25, -0.2) is 4.79 Å². The third kappa shape index (κ3) is 8.25. The van der Waals surface area contributed by atoms with Gasteiger partial charge >= 0.3 is 16.4 Å². The first kappa shape index (κ1) is 34.9. The zero-order chi connectivity index (χ0) is 33.8. The van der Waals surface area contributed by atoms with E-state index in [0.29, 0.717) is 34.5 Å². The Bertz CT molecular complexity index is 1640. The Hall–Kier alpha value is -3.95. The standard InChI is InChI=1S/C20H26N6O4S.C6H10N2O6S/c1-12(16-11-31-20(21)23-16)24-30-18(19(27)28)10-29-15-3-4-17-14(5-15)9-25(2)26(17)8-13-6-22-7-13;1-6(2)4(7-3-9)5(10)8(6)14-15(11,12)13/h3-5,9,11,13,18,20,22-23H,6-8,10,21H2,1-2H3;3-4H,1-2H3,(H,7,9)(H,11,12,13)/p+1/b24-12+;. The van der Waals surface area contributed by atoms with Crippen LogP contribution in [0.15, 0.2) is 40.7 Å². The average Bonchev–Trinajstić information content (AvgIpc) is 3.53. The van der Waals surface area contributed by atoms with Crippen molar-refractivity contribution in [3.63, 3.8) is 0 Å². The van der Waals surface area contributed by atoms with Crippen molar-refractivity contribution in [1.82, 2.24) is 25.7 Å². The molecule has 3 aliphatic rings. The summed E-state index contributed by atoms with van der Waals surface area (Å²) in [5, 5.41) is 25.2. The Morgan fingerprint density at radius 2 is 2.09 bits per heavy atom. The van der Waals surface area contributed by atoms with E-state index in [-0.39, 0.29) is 12.1 Å². The summed E-state index contributed by atoms with van der Waals surface area (Å²) in [7, 11) is -2.72. The largest absolute Gasteiger partial charge is 0.489 e. The van der Waals surface area contributed by atoms with E-state index >= 15 is 0 Å². The van der Waals surface area contributed by atoms with E-state index in [1.165, 1.54) is 25.6 Å². The number of oxime groups is 1. The van der Waals surface area contributed by atoms with Crippen LogP contribution < -0.4 is 31.1 Å². The van der Waals surface area contributed by atoms with Crippen molar-refractivity contribution in [3.05, 3.63) is 35.5 Å². The number of ether oxygens (including phenoxy) is 1. The highest BCUT2D eigenvalue weighted by Gasteiger charge is 2.57. The normalized spacial score (nSPS) is 21.6. The number of thioether (sulfide) groups is 1. The number of amides is 2. The first-order valence-electron chi connectivity index (χ1n) is 14.0. The van der Waals surface area contributed by atoms with E-state index in [1.54, 1.807) is 6.92 Å². The summed E-state index contributed by atoms with van der Waals surface area (Å²) in [6.07, 6.45) is 1.13. The Balaban J connectivity index is 0.000000270. The molecule has 46 heavy (non-hydrogen) atoms. The SMILES string of the molecule is C/C(=N\OC(COc1ccc2c(c1)c[n+](C)n2CC1CNC1)C(=O)O)C1=CSC(N)N1.CC1(C)C(NC=O)C(=O)N1OS(=O)(=O)O. The average molecular weight is 686 g/mol. The second-order valence-electron chi connectivity index (χ2n) is 11.2. The maximum atomic E-state index is 11.6. The Labute approximate surface area is 268 Å². The number of nitrogens with zero attached hydrogens (tertiary/aromatic N) is 4. The highest BCUT2D eigenvalue weighted by atomic mass is 32.3. The maximum Gasteiger partial charge on any atom is 0.418 e. The lowest BCUT2D eigenvalue weighted by molar-refractivity contribution is -0.751. The molecule has 3 unspecified atom stereocenters. The van der Waals surface area contributed by atoms with Crippen LogP contribution in [0.1, 0.15) is 20.8 Å². The number of rotatable bonds is 13. The predicted octanol–water partition coefficient (Wildman–Crippen LogP) is -1.21. The Morgan fingerprint density at radius 1 is 1.37 bits per heavy atom. The van der Waals surface area contributed by atoms with Crippen LogP contribution in [0.2, 0.25) is 0 Å². The van der Waals surface area contributed by atoms with Crippen molar-refractivity contribution in [1.29, 1.82) is 0 Å². The molecule has 0 radical (unpaired) electrons. The Morgan fingerprint density at radius 3 is 2.63 bits per heavy atom. The molecule has 3 atom stereocenters. The van der Waals surface area contributed by atoms with E-state index in [1.807, 2.05) is 36.9 Å². The molecule has 1 aromatic carbocycles. The molecule has 3 aliphatic heterocycles. The van der Waals surface area contributed by atoms with Crippen LogP contribution >= 0.6 is 11.8 Å². The van der Waals surface area contributed by atoms with Crippen LogP contribution in [0.25, 0.3) is 10.9 Å². The number of fused-ring (bicyclic) bond motifs is 1. The number of carbonyl (C=O) groups is 3. The lowest BCUT2D eigenvalue weighted by Gasteiger charge is -2.50. The van der Waals surface area contributed by atoms with Gasteiger partial charge in [0.15, 0.2) is 7.05 Å². The second-order valence-corrected chi connectivity index (χ2v) is 13.2. The fraction of sp³-hybridized carbons (Fsp3) is 0.500. The highest BCUT2D eigenvalue weighted by molar-refractivity contribution is 8.02. The van der Waals surface area contributed by atoms with Gasteiger partial charge in [0.1, 0.15) is 35.1 Å². The van der Waals surface area contributed by atoms with Gasteiger partial charge in [-0.05, 0) is 44.4 Å². The number of β-lactam (4-membered cyclic amide) rings is 1. The number of carboxylic acids is 1. The van der Waals surface area contributed by atoms with Gasteiger partial charge in [-0.2, -0.15) is 18.2 Å². The number of allylic oxidation sites excluding steroid dienone is 1. The van der Waals surface area contributed by atoms with E-state index in [2.05, 4.69) is 34.8 Å². The fourth-order valence-corrected chi connectivity index (χ4v) is 5.91. The summed E-state index contributed by atoms with van der Waals surface area (Å²) in [6, 6.07) is 4.88. The molecule has 7 N–H and O–H groups in total. The summed E-state index contributed by atoms with van der Waals surface area (Å²) in [6.45, 7) is 7.53. The topological polar surface area (TPSA) is 240 Å². The number of carboxylic acid groups (broad SMARTS) is 1. The first-order valence-corrected chi connectivity index (χ1v) is 16.3. The molecular weight excluding hydrogens is 648 g/mol. The summed E-state index contributed by atoms with van der Waals surface area (Å²) in [5.74, 6) is -0.679. The highest BCUT2D eigenvalue weighted by Crippen LogP contribution is 2.32. The molecule has 0 spiro atoms. The third-order valence-electron chi connectivity index (χ3n) is 7.38. The molecule has 0 bridgehead atoms. The van der Waals surface area contributed by atoms with Gasteiger partial charge in [0.05, 0.1) is 23.2 Å². The Kier molecular flexibility index (Phi) is 10.8. The van der Waals surface area contributed by atoms with E-state index in [9.17, 15) is 27.9 Å². The lowest BCUT2D eigenvalue weighted by Crippen LogP contribution is -2.75. The molecule has 2 aromatic rings. The molecule has 2 fully saturated rings. The lowest BCUT2D eigenvalue weighted by atomic mass is 9.85. The summed E-state index contributed by atoms with van der Waals surface area (Å²) in [4.78, 5) is 38.2.